The Balaban J connectivity index is 1.14. The van der Waals surface area contributed by atoms with Gasteiger partial charge in [-0.15, -0.1) is 11.3 Å². The van der Waals surface area contributed by atoms with Gasteiger partial charge in [-0.3, -0.25) is 0 Å². The molecule has 0 saturated heterocycles. The van der Waals surface area contributed by atoms with E-state index in [9.17, 15) is 0 Å². The zero-order valence-corrected chi connectivity index (χ0v) is 27.4. The van der Waals surface area contributed by atoms with Crippen molar-refractivity contribution in [3.8, 4) is 5.69 Å². The third-order valence-corrected chi connectivity index (χ3v) is 11.7. The lowest BCUT2D eigenvalue weighted by Gasteiger charge is -2.30. The summed E-state index contributed by atoms with van der Waals surface area (Å²) in [5.74, 6) is 0.968. The number of rotatable bonds is 3. The Hall–Kier alpha value is -5.91. The summed E-state index contributed by atoms with van der Waals surface area (Å²) in [5, 5.41) is 11.6. The van der Waals surface area contributed by atoms with Gasteiger partial charge in [0.2, 0.25) is 0 Å². The maximum Gasteiger partial charge on any atom is 0.143 e. The van der Waals surface area contributed by atoms with Crippen LogP contribution < -0.4 is 5.32 Å². The van der Waals surface area contributed by atoms with Crippen molar-refractivity contribution in [1.82, 2.24) is 14.5 Å². The first kappa shape index (κ1) is 27.1. The van der Waals surface area contributed by atoms with E-state index in [0.29, 0.717) is 0 Å². The Kier molecular flexibility index (Phi) is 5.69. The normalized spacial score (nSPS) is 15.8. The molecule has 3 aromatic heterocycles. The van der Waals surface area contributed by atoms with Crippen LogP contribution in [-0.4, -0.2) is 15.0 Å². The van der Waals surface area contributed by atoms with Gasteiger partial charge >= 0.3 is 0 Å². The third-order valence-electron chi connectivity index (χ3n) is 10.5. The smallest absolute Gasteiger partial charge is 0.143 e. The van der Waals surface area contributed by atoms with E-state index in [1.54, 1.807) is 0 Å². The molecular weight excluding hydrogens is 617 g/mol. The number of thiophene rings is 1. The van der Waals surface area contributed by atoms with Crippen LogP contribution >= 0.6 is 11.3 Å². The van der Waals surface area contributed by atoms with Crippen LogP contribution in [0.5, 0.6) is 0 Å². The summed E-state index contributed by atoms with van der Waals surface area (Å²) in [6, 6.07) is 50.6. The molecule has 232 valence electrons. The van der Waals surface area contributed by atoms with Crippen LogP contribution in [0.4, 0.5) is 5.69 Å². The van der Waals surface area contributed by atoms with Crippen molar-refractivity contribution in [1.29, 1.82) is 0 Å². The number of fused-ring (bicyclic) bond motifs is 10. The van der Waals surface area contributed by atoms with Gasteiger partial charge < -0.3 is 14.5 Å². The molecule has 0 bridgehead atoms. The molecule has 1 aliphatic heterocycles. The second kappa shape index (κ2) is 10.3. The van der Waals surface area contributed by atoms with E-state index in [1.807, 2.05) is 11.3 Å². The maximum absolute atomic E-state index is 5.47. The monoisotopic (exact) mass is 646 g/mol. The Bertz CT molecular complexity index is 2860. The Labute approximate surface area is 286 Å². The summed E-state index contributed by atoms with van der Waals surface area (Å²) in [6.45, 7) is 0. The molecule has 0 spiro atoms. The quantitative estimate of drug-likeness (QED) is 0.204. The Morgan fingerprint density at radius 1 is 0.612 bits per heavy atom. The molecule has 1 aliphatic carbocycles. The second-order valence-corrected chi connectivity index (χ2v) is 14.2. The van der Waals surface area contributed by atoms with Gasteiger partial charge in [0.1, 0.15) is 12.0 Å². The van der Waals surface area contributed by atoms with E-state index in [4.69, 9.17) is 4.99 Å². The molecule has 11 rings (SSSR count). The van der Waals surface area contributed by atoms with Crippen molar-refractivity contribution in [2.24, 2.45) is 4.99 Å². The predicted molar refractivity (Wildman–Crippen MR) is 207 cm³/mol. The summed E-state index contributed by atoms with van der Waals surface area (Å²) >= 11 is 1.85. The van der Waals surface area contributed by atoms with Gasteiger partial charge in [0.25, 0.3) is 0 Å². The number of nitrogens with zero attached hydrogens (tertiary/aromatic N) is 3. The van der Waals surface area contributed by atoms with E-state index in [0.717, 1.165) is 24.4 Å². The van der Waals surface area contributed by atoms with Gasteiger partial charge in [-0.05, 0) is 77.7 Å². The maximum atomic E-state index is 5.47. The molecule has 0 amide bonds. The number of aliphatic imine (C=N–C) groups is 1. The van der Waals surface area contributed by atoms with Gasteiger partial charge in [-0.2, -0.15) is 0 Å². The molecule has 0 fully saturated rings. The van der Waals surface area contributed by atoms with Crippen molar-refractivity contribution in [2.75, 3.05) is 0 Å². The fourth-order valence-corrected chi connectivity index (χ4v) is 9.47. The number of aromatic nitrogens is 2. The molecule has 5 heteroatoms. The third kappa shape index (κ3) is 3.94. The van der Waals surface area contributed by atoms with Crippen LogP contribution in [0.25, 0.3) is 65.3 Å². The minimum atomic E-state index is -0.114. The largest absolute Gasteiger partial charge is 0.345 e. The summed E-state index contributed by atoms with van der Waals surface area (Å²) < 4.78 is 6.24. The van der Waals surface area contributed by atoms with Crippen molar-refractivity contribution < 1.29 is 0 Å². The predicted octanol–water partition coefficient (Wildman–Crippen LogP) is 11.3. The van der Waals surface area contributed by atoms with Crippen LogP contribution in [0.1, 0.15) is 28.7 Å². The standard InChI is InChI=1S/C44H30N4S/c1-2-14-30(15-3-1)47-36-19-9-6-16-31(36)34-25-29(22-23-38(34)47)43-45-41-33-18-8-11-21-40(33)49-42(41)44(46-43)48-37-20-10-7-17-32(37)35-24-27-12-4-5-13-28(27)26-39(35)48/h1-21,24-26,44H,22-23H2,(H,45,46). The number of para-hydroxylation sites is 3. The SMILES string of the molecule is C1=C(C2=Nc3c(sc4ccccc34)C(n3c4ccccc4c4cc5ccccc5cc43)N2)CCc2c1c1ccccc1n2-c1ccccc1. The van der Waals surface area contributed by atoms with Crippen LogP contribution in [0.2, 0.25) is 0 Å². The lowest BCUT2D eigenvalue weighted by atomic mass is 9.94. The van der Waals surface area contributed by atoms with Gasteiger partial charge in [-0.1, -0.05) is 97.1 Å². The summed E-state index contributed by atoms with van der Waals surface area (Å²) in [5.41, 5.74) is 9.90. The van der Waals surface area contributed by atoms with Crippen LogP contribution in [0.3, 0.4) is 0 Å². The van der Waals surface area contributed by atoms with Gasteiger partial charge in [0, 0.05) is 43.2 Å². The average Bonchev–Trinajstić information content (AvgIpc) is 3.81. The number of hydrogen-bond acceptors (Lipinski definition) is 3. The van der Waals surface area contributed by atoms with Crippen molar-refractivity contribution in [3.63, 3.8) is 0 Å². The molecule has 0 radical (unpaired) electrons. The molecule has 49 heavy (non-hydrogen) atoms. The van der Waals surface area contributed by atoms with Crippen LogP contribution in [0.15, 0.2) is 150 Å². The van der Waals surface area contributed by atoms with Crippen LogP contribution in [-0.2, 0) is 6.42 Å². The highest BCUT2D eigenvalue weighted by Crippen LogP contribution is 2.47. The Morgan fingerprint density at radius 2 is 1.31 bits per heavy atom. The molecule has 4 nitrogen and oxygen atoms in total. The highest BCUT2D eigenvalue weighted by Gasteiger charge is 2.32. The topological polar surface area (TPSA) is 34.2 Å². The lowest BCUT2D eigenvalue weighted by Crippen LogP contribution is -2.36. The fourth-order valence-electron chi connectivity index (χ4n) is 8.28. The Morgan fingerprint density at radius 3 is 2.16 bits per heavy atom. The van der Waals surface area contributed by atoms with E-state index < -0.39 is 0 Å². The molecule has 0 saturated carbocycles. The molecule has 2 aliphatic rings. The number of benzene rings is 6. The highest BCUT2D eigenvalue weighted by molar-refractivity contribution is 7.19. The number of hydrogen-bond donors (Lipinski definition) is 1. The lowest BCUT2D eigenvalue weighted by molar-refractivity contribution is 0.587. The molecular formula is C44H30N4S. The zero-order chi connectivity index (χ0) is 32.1. The molecule has 1 unspecified atom stereocenters. The molecule has 9 aromatic rings. The minimum absolute atomic E-state index is 0.114. The fraction of sp³-hybridized carbons (Fsp3) is 0.0682. The van der Waals surface area contributed by atoms with Crippen molar-refractivity contribution in [3.05, 3.63) is 161 Å². The summed E-state index contributed by atoms with van der Waals surface area (Å²) in [4.78, 5) is 6.72. The van der Waals surface area contributed by atoms with Gasteiger partial charge in [-0.25, -0.2) is 4.99 Å². The van der Waals surface area contributed by atoms with Gasteiger partial charge in [0.15, 0.2) is 0 Å². The van der Waals surface area contributed by atoms with Gasteiger partial charge in [0.05, 0.1) is 27.1 Å². The van der Waals surface area contributed by atoms with Crippen molar-refractivity contribution >= 4 is 82.5 Å². The second-order valence-electron chi connectivity index (χ2n) is 13.1. The number of amidine groups is 1. The van der Waals surface area contributed by atoms with Crippen LogP contribution in [0, 0.1) is 0 Å². The van der Waals surface area contributed by atoms with E-state index in [2.05, 4.69) is 160 Å². The van der Waals surface area contributed by atoms with E-state index >= 15 is 0 Å². The molecule has 6 aromatic carbocycles. The summed E-state index contributed by atoms with van der Waals surface area (Å²) in [7, 11) is 0. The zero-order valence-electron chi connectivity index (χ0n) is 26.6. The van der Waals surface area contributed by atoms with E-state index in [-0.39, 0.29) is 6.17 Å². The average molecular weight is 647 g/mol. The first-order valence-corrected chi connectivity index (χ1v) is 17.8. The highest BCUT2D eigenvalue weighted by atomic mass is 32.1. The molecule has 4 heterocycles. The molecule has 1 atom stereocenters. The summed E-state index contributed by atoms with van der Waals surface area (Å²) in [6.07, 6.45) is 4.14. The first-order chi connectivity index (χ1) is 24.3. The first-order valence-electron chi connectivity index (χ1n) is 17.0. The van der Waals surface area contributed by atoms with E-state index in [1.165, 1.54) is 81.0 Å². The minimum Gasteiger partial charge on any atom is -0.345 e. The van der Waals surface area contributed by atoms with Crippen molar-refractivity contribution in [2.45, 2.75) is 19.0 Å². The molecule has 1 N–H and O–H groups in total. The number of nitrogens with one attached hydrogen (secondary N) is 1.